The molecule has 0 aliphatic carbocycles. The van der Waals surface area contributed by atoms with Crippen LogP contribution in [0.2, 0.25) is 0 Å². The van der Waals surface area contributed by atoms with Gasteiger partial charge in [-0.2, -0.15) is 10.2 Å². The number of hydrogen-bond donors (Lipinski definition) is 2. The molecule has 1 unspecified atom stereocenters. The lowest BCUT2D eigenvalue weighted by atomic mass is 10.2. The van der Waals surface area contributed by atoms with Gasteiger partial charge in [-0.1, -0.05) is 36.2 Å². The summed E-state index contributed by atoms with van der Waals surface area (Å²) in [6.07, 6.45) is 0. The van der Waals surface area contributed by atoms with Gasteiger partial charge in [0, 0.05) is 12.1 Å². The predicted molar refractivity (Wildman–Crippen MR) is 79.0 cm³/mol. The molecule has 7 nitrogen and oxygen atoms in total. The Kier molecular flexibility index (Phi) is 4.02. The topological polar surface area (TPSA) is 100 Å². The molecule has 1 aliphatic heterocycles. The van der Waals surface area contributed by atoms with Crippen LogP contribution in [0.5, 0.6) is 5.75 Å². The fourth-order valence-electron chi connectivity index (χ4n) is 1.24. The van der Waals surface area contributed by atoms with Gasteiger partial charge in [-0.15, -0.1) is 0 Å². The molecular formula is C9H6N4O3S3. The summed E-state index contributed by atoms with van der Waals surface area (Å²) in [5.41, 5.74) is -0.169. The third-order valence-corrected chi connectivity index (χ3v) is 3.84. The number of non-ortho nitro benzene ring substituents is 1. The maximum Gasteiger partial charge on any atom is 0.271 e. The van der Waals surface area contributed by atoms with E-state index in [4.69, 9.17) is 24.4 Å². The van der Waals surface area contributed by atoms with Gasteiger partial charge < -0.3 is 10.4 Å². The number of nitro benzene ring substituents is 1. The molecule has 2 rings (SSSR count). The number of thioether (sulfide) groups is 1. The van der Waals surface area contributed by atoms with Crippen LogP contribution in [0.1, 0.15) is 0 Å². The zero-order chi connectivity index (χ0) is 14.0. The zero-order valence-corrected chi connectivity index (χ0v) is 11.6. The highest BCUT2D eigenvalue weighted by molar-refractivity contribution is 8.25. The summed E-state index contributed by atoms with van der Waals surface area (Å²) in [6.45, 7) is 0. The number of rotatable bonds is 3. The maximum absolute atomic E-state index is 10.6. The Morgan fingerprint density at radius 2 is 2.21 bits per heavy atom. The lowest BCUT2D eigenvalue weighted by Crippen LogP contribution is -2.20. The van der Waals surface area contributed by atoms with Crippen molar-refractivity contribution >= 4 is 56.9 Å². The number of hydrogen-bond acceptors (Lipinski definition) is 8. The second-order valence-electron chi connectivity index (χ2n) is 3.39. The van der Waals surface area contributed by atoms with Gasteiger partial charge in [0.05, 0.1) is 4.92 Å². The first-order valence-electron chi connectivity index (χ1n) is 4.87. The number of benzene rings is 1. The Hall–Kier alpha value is -1.65. The Morgan fingerprint density at radius 3 is 2.79 bits per heavy atom. The van der Waals surface area contributed by atoms with Crippen LogP contribution >= 0.6 is 36.2 Å². The van der Waals surface area contributed by atoms with E-state index in [1.54, 1.807) is 0 Å². The van der Waals surface area contributed by atoms with Gasteiger partial charge in [-0.3, -0.25) is 10.1 Å². The highest BCUT2D eigenvalue weighted by Crippen LogP contribution is 2.32. The molecule has 1 aromatic rings. The van der Waals surface area contributed by atoms with Gasteiger partial charge in [-0.25, -0.2) is 0 Å². The number of aromatic hydroxyl groups is 1. The Balaban J connectivity index is 2.23. The minimum atomic E-state index is -0.579. The van der Waals surface area contributed by atoms with Gasteiger partial charge in [0.15, 0.2) is 5.37 Å². The first-order valence-corrected chi connectivity index (χ1v) is 6.57. The molecule has 0 radical (unpaired) electrons. The monoisotopic (exact) mass is 314 g/mol. The number of nitro groups is 1. The van der Waals surface area contributed by atoms with Gasteiger partial charge in [0.1, 0.15) is 20.7 Å². The van der Waals surface area contributed by atoms with Gasteiger partial charge in [0.25, 0.3) is 5.69 Å². The van der Waals surface area contributed by atoms with E-state index in [1.165, 1.54) is 23.9 Å². The number of phenolic OH excluding ortho intramolecular Hbond substituents is 1. The molecule has 0 amide bonds. The van der Waals surface area contributed by atoms with Crippen molar-refractivity contribution in [3.05, 3.63) is 28.3 Å². The molecule has 19 heavy (non-hydrogen) atoms. The molecule has 10 heteroatoms. The summed E-state index contributed by atoms with van der Waals surface area (Å²) in [7, 11) is 0. The molecule has 0 spiro atoms. The molecule has 1 saturated heterocycles. The van der Waals surface area contributed by atoms with E-state index in [2.05, 4.69) is 15.5 Å². The summed E-state index contributed by atoms with van der Waals surface area (Å²) >= 11 is 11.1. The summed E-state index contributed by atoms with van der Waals surface area (Å²) in [5.74, 6) is -0.196. The van der Waals surface area contributed by atoms with E-state index in [0.29, 0.717) is 9.31 Å². The Labute approximate surface area is 122 Å². The number of azo groups is 1. The molecule has 98 valence electrons. The van der Waals surface area contributed by atoms with Crippen molar-refractivity contribution < 1.29 is 10.0 Å². The minimum Gasteiger partial charge on any atom is -0.506 e. The first-order chi connectivity index (χ1) is 8.97. The molecule has 0 aromatic heterocycles. The lowest BCUT2D eigenvalue weighted by Gasteiger charge is -2.00. The second kappa shape index (κ2) is 5.55. The summed E-state index contributed by atoms with van der Waals surface area (Å²) in [5, 5.41) is 30.1. The highest BCUT2D eigenvalue weighted by Gasteiger charge is 2.25. The van der Waals surface area contributed by atoms with E-state index in [-0.39, 0.29) is 17.1 Å². The summed E-state index contributed by atoms with van der Waals surface area (Å²) < 4.78 is 0.497. The van der Waals surface area contributed by atoms with E-state index < -0.39 is 10.3 Å². The quantitative estimate of drug-likeness (QED) is 0.383. The van der Waals surface area contributed by atoms with Crippen LogP contribution in [-0.4, -0.2) is 24.7 Å². The molecule has 2 N–H and O–H groups in total. The smallest absolute Gasteiger partial charge is 0.271 e. The zero-order valence-electron chi connectivity index (χ0n) is 9.14. The lowest BCUT2D eigenvalue weighted by molar-refractivity contribution is -0.384. The number of nitrogens with one attached hydrogen (secondary N) is 1. The fraction of sp³-hybridized carbons (Fsp3) is 0.111. The van der Waals surface area contributed by atoms with Crippen LogP contribution in [0.4, 0.5) is 11.4 Å². The number of thiocarbonyl (C=S) groups is 2. The maximum atomic E-state index is 10.6. The van der Waals surface area contributed by atoms with Gasteiger partial charge >= 0.3 is 0 Å². The van der Waals surface area contributed by atoms with Crippen molar-refractivity contribution in [3.63, 3.8) is 0 Å². The van der Waals surface area contributed by atoms with Crippen LogP contribution in [0, 0.1) is 10.1 Å². The standard InChI is InChI=1S/C9H6N4O3S3/c14-6-2-1-4(13(15)16)3-5(6)11-12-8-7(17)10-9(18)19-8/h1-3,8,14H,(H,10,17,18). The van der Waals surface area contributed by atoms with Crippen LogP contribution < -0.4 is 5.32 Å². The molecule has 1 atom stereocenters. The molecule has 1 aliphatic rings. The van der Waals surface area contributed by atoms with Crippen molar-refractivity contribution in [1.82, 2.24) is 5.32 Å². The van der Waals surface area contributed by atoms with E-state index in [1.807, 2.05) is 0 Å². The molecule has 1 aromatic carbocycles. The van der Waals surface area contributed by atoms with Crippen molar-refractivity contribution in [3.8, 4) is 5.75 Å². The Bertz CT molecular complexity index is 604. The fourth-order valence-corrected chi connectivity index (χ4v) is 2.68. The predicted octanol–water partition coefficient (Wildman–Crippen LogP) is 2.66. The summed E-state index contributed by atoms with van der Waals surface area (Å²) in [6, 6.07) is 3.50. The largest absolute Gasteiger partial charge is 0.506 e. The van der Waals surface area contributed by atoms with Crippen molar-refractivity contribution in [2.24, 2.45) is 10.2 Å². The Morgan fingerprint density at radius 1 is 1.47 bits per heavy atom. The van der Waals surface area contributed by atoms with E-state index in [9.17, 15) is 15.2 Å². The van der Waals surface area contributed by atoms with Crippen molar-refractivity contribution in [1.29, 1.82) is 0 Å². The van der Waals surface area contributed by atoms with Crippen molar-refractivity contribution in [2.75, 3.05) is 0 Å². The van der Waals surface area contributed by atoms with Crippen LogP contribution in [0.3, 0.4) is 0 Å². The molecule has 0 saturated carbocycles. The SMILES string of the molecule is O=[N+]([O-])c1ccc(O)c(N=NC2SC(=S)NC2=S)c1. The second-order valence-corrected chi connectivity index (χ2v) is 5.59. The minimum absolute atomic E-state index is 0.00965. The van der Waals surface area contributed by atoms with Crippen LogP contribution in [0.25, 0.3) is 0 Å². The van der Waals surface area contributed by atoms with Crippen LogP contribution in [-0.2, 0) is 0 Å². The molecular weight excluding hydrogens is 308 g/mol. The van der Waals surface area contributed by atoms with Gasteiger partial charge in [0.2, 0.25) is 0 Å². The summed E-state index contributed by atoms with van der Waals surface area (Å²) in [4.78, 5) is 10.5. The number of nitrogens with zero attached hydrogens (tertiary/aromatic N) is 3. The highest BCUT2D eigenvalue weighted by atomic mass is 32.2. The molecule has 1 fully saturated rings. The number of phenols is 1. The third-order valence-electron chi connectivity index (χ3n) is 2.11. The van der Waals surface area contributed by atoms with E-state index >= 15 is 0 Å². The average molecular weight is 314 g/mol. The molecule has 1 heterocycles. The third kappa shape index (κ3) is 3.22. The average Bonchev–Trinajstić information content (AvgIpc) is 2.66. The molecule has 0 bridgehead atoms. The van der Waals surface area contributed by atoms with Crippen LogP contribution in [0.15, 0.2) is 28.4 Å². The first kappa shape index (κ1) is 13.8. The van der Waals surface area contributed by atoms with E-state index in [0.717, 1.165) is 6.07 Å². The van der Waals surface area contributed by atoms with Crippen molar-refractivity contribution in [2.45, 2.75) is 5.37 Å². The van der Waals surface area contributed by atoms with Gasteiger partial charge in [-0.05, 0) is 6.07 Å². The normalized spacial score (nSPS) is 18.8.